The van der Waals surface area contributed by atoms with Gasteiger partial charge in [-0.3, -0.25) is 0 Å². The Balaban J connectivity index is 2.21. The number of benzene rings is 1. The molecule has 0 saturated heterocycles. The third-order valence-corrected chi connectivity index (χ3v) is 3.51. The molecule has 0 aliphatic carbocycles. The molecule has 0 fully saturated rings. The van der Waals surface area contributed by atoms with Crippen molar-refractivity contribution in [2.24, 2.45) is 0 Å². The standard InChI is InChI=1S/C12H12ClFN2S/c1-7(11-6-17-8(2)16-11)15-12-9(13)4-3-5-10(12)14/h3-7,15H,1-2H3. The quantitative estimate of drug-likeness (QED) is 0.893. The van der Waals surface area contributed by atoms with Crippen LogP contribution in [0.15, 0.2) is 23.6 Å². The van der Waals surface area contributed by atoms with Gasteiger partial charge in [0.25, 0.3) is 0 Å². The molecule has 0 amide bonds. The summed E-state index contributed by atoms with van der Waals surface area (Å²) in [4.78, 5) is 4.36. The van der Waals surface area contributed by atoms with Crippen molar-refractivity contribution in [1.29, 1.82) is 0 Å². The molecule has 1 aromatic heterocycles. The van der Waals surface area contributed by atoms with Crippen LogP contribution in [0.3, 0.4) is 0 Å². The number of hydrogen-bond acceptors (Lipinski definition) is 3. The van der Waals surface area contributed by atoms with Crippen molar-refractivity contribution in [3.05, 3.63) is 45.1 Å². The van der Waals surface area contributed by atoms with Crippen LogP contribution < -0.4 is 5.32 Å². The summed E-state index contributed by atoms with van der Waals surface area (Å²) in [6.45, 7) is 3.87. The second-order valence-corrected chi connectivity index (χ2v) is 5.22. The van der Waals surface area contributed by atoms with Gasteiger partial charge in [0.2, 0.25) is 0 Å². The number of aryl methyl sites for hydroxylation is 1. The highest BCUT2D eigenvalue weighted by Gasteiger charge is 2.13. The van der Waals surface area contributed by atoms with Gasteiger partial charge in [0.1, 0.15) is 5.82 Å². The Hall–Kier alpha value is -1.13. The summed E-state index contributed by atoms with van der Waals surface area (Å²) in [6, 6.07) is 4.55. The van der Waals surface area contributed by atoms with Crippen LogP contribution in [0.25, 0.3) is 0 Å². The summed E-state index contributed by atoms with van der Waals surface area (Å²) in [5, 5.41) is 6.38. The minimum atomic E-state index is -0.351. The van der Waals surface area contributed by atoms with Gasteiger partial charge in [0, 0.05) is 5.38 Å². The van der Waals surface area contributed by atoms with E-state index in [4.69, 9.17) is 11.6 Å². The Morgan fingerprint density at radius 1 is 1.47 bits per heavy atom. The van der Waals surface area contributed by atoms with E-state index in [1.165, 1.54) is 6.07 Å². The van der Waals surface area contributed by atoms with E-state index in [1.807, 2.05) is 19.2 Å². The maximum absolute atomic E-state index is 13.6. The summed E-state index contributed by atoms with van der Waals surface area (Å²) < 4.78 is 13.6. The van der Waals surface area contributed by atoms with Gasteiger partial charge in [-0.05, 0) is 26.0 Å². The molecule has 1 heterocycles. The molecule has 0 bridgehead atoms. The predicted octanol–water partition coefficient (Wildman–Crippen LogP) is 4.42. The Morgan fingerprint density at radius 3 is 2.82 bits per heavy atom. The summed E-state index contributed by atoms with van der Waals surface area (Å²) in [5.74, 6) is -0.351. The summed E-state index contributed by atoms with van der Waals surface area (Å²) in [5.41, 5.74) is 1.22. The molecule has 0 spiro atoms. The van der Waals surface area contributed by atoms with Crippen LogP contribution in [0, 0.1) is 12.7 Å². The topological polar surface area (TPSA) is 24.9 Å². The molecule has 1 unspecified atom stereocenters. The molecule has 2 aromatic rings. The monoisotopic (exact) mass is 270 g/mol. The number of nitrogens with zero attached hydrogens (tertiary/aromatic N) is 1. The first-order chi connectivity index (χ1) is 8.08. The van der Waals surface area contributed by atoms with Crippen LogP contribution in [-0.4, -0.2) is 4.98 Å². The van der Waals surface area contributed by atoms with Gasteiger partial charge in [-0.2, -0.15) is 0 Å². The van der Waals surface area contributed by atoms with Crippen molar-refractivity contribution < 1.29 is 4.39 Å². The van der Waals surface area contributed by atoms with E-state index in [0.29, 0.717) is 10.7 Å². The molecule has 0 radical (unpaired) electrons. The first-order valence-corrected chi connectivity index (χ1v) is 6.46. The fraction of sp³-hybridized carbons (Fsp3) is 0.250. The molecule has 5 heteroatoms. The van der Waals surface area contributed by atoms with E-state index in [0.717, 1.165) is 10.7 Å². The number of hydrogen-bond donors (Lipinski definition) is 1. The molecule has 0 saturated carbocycles. The molecule has 90 valence electrons. The largest absolute Gasteiger partial charge is 0.373 e. The number of para-hydroxylation sites is 1. The van der Waals surface area contributed by atoms with E-state index < -0.39 is 0 Å². The fourth-order valence-corrected chi connectivity index (χ4v) is 2.43. The molecular formula is C12H12ClFN2S. The van der Waals surface area contributed by atoms with E-state index in [1.54, 1.807) is 23.5 Å². The number of nitrogens with one attached hydrogen (secondary N) is 1. The van der Waals surface area contributed by atoms with Gasteiger partial charge in [-0.1, -0.05) is 17.7 Å². The van der Waals surface area contributed by atoms with Crippen LogP contribution >= 0.6 is 22.9 Å². The minimum Gasteiger partial charge on any atom is -0.373 e. The zero-order valence-electron chi connectivity index (χ0n) is 9.50. The average molecular weight is 271 g/mol. The van der Waals surface area contributed by atoms with Crippen molar-refractivity contribution in [2.75, 3.05) is 5.32 Å². The van der Waals surface area contributed by atoms with E-state index in [-0.39, 0.29) is 11.9 Å². The third kappa shape index (κ3) is 2.76. The molecule has 1 aromatic carbocycles. The van der Waals surface area contributed by atoms with Crippen molar-refractivity contribution in [3.63, 3.8) is 0 Å². The first kappa shape index (κ1) is 12.3. The average Bonchev–Trinajstić information content (AvgIpc) is 2.70. The highest BCUT2D eigenvalue weighted by Crippen LogP contribution is 2.28. The highest BCUT2D eigenvalue weighted by atomic mass is 35.5. The molecular weight excluding hydrogens is 259 g/mol. The van der Waals surface area contributed by atoms with Crippen LogP contribution in [0.1, 0.15) is 23.7 Å². The van der Waals surface area contributed by atoms with Crippen LogP contribution in [0.2, 0.25) is 5.02 Å². The van der Waals surface area contributed by atoms with Crippen LogP contribution in [-0.2, 0) is 0 Å². The lowest BCUT2D eigenvalue weighted by atomic mass is 10.2. The van der Waals surface area contributed by atoms with Gasteiger partial charge >= 0.3 is 0 Å². The second kappa shape index (κ2) is 5.02. The van der Waals surface area contributed by atoms with Crippen LogP contribution in [0.4, 0.5) is 10.1 Å². The fourth-order valence-electron chi connectivity index (χ4n) is 1.51. The molecule has 1 N–H and O–H groups in total. The second-order valence-electron chi connectivity index (χ2n) is 3.75. The Bertz CT molecular complexity index is 507. The lowest BCUT2D eigenvalue weighted by Gasteiger charge is -2.14. The maximum Gasteiger partial charge on any atom is 0.147 e. The van der Waals surface area contributed by atoms with Gasteiger partial charge in [-0.15, -0.1) is 11.3 Å². The van der Waals surface area contributed by atoms with E-state index in [9.17, 15) is 4.39 Å². The van der Waals surface area contributed by atoms with Gasteiger partial charge < -0.3 is 5.32 Å². The highest BCUT2D eigenvalue weighted by molar-refractivity contribution is 7.09. The van der Waals surface area contributed by atoms with Crippen molar-refractivity contribution in [1.82, 2.24) is 4.98 Å². The Morgan fingerprint density at radius 2 is 2.24 bits per heavy atom. The Kier molecular flexibility index (Phi) is 3.64. The first-order valence-electron chi connectivity index (χ1n) is 5.20. The number of thiazole rings is 1. The molecule has 1 atom stereocenters. The van der Waals surface area contributed by atoms with Gasteiger partial charge in [0.15, 0.2) is 0 Å². The van der Waals surface area contributed by atoms with E-state index >= 15 is 0 Å². The zero-order valence-corrected chi connectivity index (χ0v) is 11.1. The lowest BCUT2D eigenvalue weighted by molar-refractivity contribution is 0.627. The molecule has 2 rings (SSSR count). The lowest BCUT2D eigenvalue weighted by Crippen LogP contribution is -2.08. The molecule has 0 aliphatic rings. The smallest absolute Gasteiger partial charge is 0.147 e. The number of halogens is 2. The van der Waals surface area contributed by atoms with Crippen molar-refractivity contribution in [3.8, 4) is 0 Å². The number of aromatic nitrogens is 1. The molecule has 17 heavy (non-hydrogen) atoms. The normalized spacial score (nSPS) is 12.5. The predicted molar refractivity (Wildman–Crippen MR) is 70.3 cm³/mol. The number of anilines is 1. The van der Waals surface area contributed by atoms with Gasteiger partial charge in [0.05, 0.1) is 27.5 Å². The zero-order chi connectivity index (χ0) is 12.4. The molecule has 0 aliphatic heterocycles. The maximum atomic E-state index is 13.6. The molecule has 2 nitrogen and oxygen atoms in total. The van der Waals surface area contributed by atoms with Crippen molar-refractivity contribution >= 4 is 28.6 Å². The summed E-state index contributed by atoms with van der Waals surface area (Å²) >= 11 is 7.52. The van der Waals surface area contributed by atoms with Gasteiger partial charge in [-0.25, -0.2) is 9.37 Å². The number of rotatable bonds is 3. The van der Waals surface area contributed by atoms with Crippen LogP contribution in [0.5, 0.6) is 0 Å². The summed E-state index contributed by atoms with van der Waals surface area (Å²) in [7, 11) is 0. The summed E-state index contributed by atoms with van der Waals surface area (Å²) in [6.07, 6.45) is 0. The van der Waals surface area contributed by atoms with E-state index in [2.05, 4.69) is 10.3 Å². The Labute approximate surface area is 108 Å². The SMILES string of the molecule is Cc1nc(C(C)Nc2c(F)cccc2Cl)cs1. The third-order valence-electron chi connectivity index (χ3n) is 2.40. The minimum absolute atomic E-state index is 0.0747. The van der Waals surface area contributed by atoms with Crippen molar-refractivity contribution in [2.45, 2.75) is 19.9 Å².